The summed E-state index contributed by atoms with van der Waals surface area (Å²) in [4.78, 5) is 31.0. The lowest BCUT2D eigenvalue weighted by Crippen LogP contribution is -2.43. The highest BCUT2D eigenvalue weighted by molar-refractivity contribution is 6.34. The average molecular weight is 520 g/mol. The highest BCUT2D eigenvalue weighted by Crippen LogP contribution is 2.30. The zero-order valence-electron chi connectivity index (χ0n) is 22.7. The van der Waals surface area contributed by atoms with Crippen LogP contribution in [0.5, 0.6) is 0 Å². The number of hydrogen-bond donors (Lipinski definition) is 1. The molecule has 0 fully saturated rings. The van der Waals surface area contributed by atoms with Crippen LogP contribution in [0.1, 0.15) is 61.5 Å². The van der Waals surface area contributed by atoms with E-state index in [2.05, 4.69) is 33.0 Å². The Bertz CT molecular complexity index is 1210. The van der Waals surface area contributed by atoms with Gasteiger partial charge in [-0.1, -0.05) is 74.8 Å². The number of amides is 2. The van der Waals surface area contributed by atoms with Crippen molar-refractivity contribution in [3.8, 4) is 0 Å². The molecule has 0 aliphatic carbocycles. The Morgan fingerprint density at radius 1 is 0.919 bits per heavy atom. The third-order valence-electron chi connectivity index (χ3n) is 6.93. The summed E-state index contributed by atoms with van der Waals surface area (Å²) >= 11 is 6.23. The fourth-order valence-electron chi connectivity index (χ4n) is 4.47. The molecule has 37 heavy (non-hydrogen) atoms. The van der Waals surface area contributed by atoms with E-state index >= 15 is 0 Å². The van der Waals surface area contributed by atoms with Crippen LogP contribution in [0.15, 0.2) is 72.8 Å². The molecule has 0 aliphatic rings. The summed E-state index contributed by atoms with van der Waals surface area (Å²) in [5, 5.41) is 3.38. The summed E-state index contributed by atoms with van der Waals surface area (Å²) in [6, 6.07) is 22.8. The second kappa shape index (κ2) is 12.8. The fourth-order valence-corrected chi connectivity index (χ4v) is 4.70. The van der Waals surface area contributed by atoms with Gasteiger partial charge in [0.15, 0.2) is 0 Å². The molecule has 6 heteroatoms. The van der Waals surface area contributed by atoms with Gasteiger partial charge in [-0.2, -0.15) is 0 Å². The van der Waals surface area contributed by atoms with E-state index in [1.165, 1.54) is 0 Å². The minimum Gasteiger partial charge on any atom is -0.377 e. The number of carbonyl (C=O) groups is 2. The van der Waals surface area contributed by atoms with E-state index < -0.39 is 0 Å². The molecule has 0 saturated heterocycles. The minimum atomic E-state index is -0.271. The minimum absolute atomic E-state index is 0.0293. The van der Waals surface area contributed by atoms with Crippen molar-refractivity contribution in [3.05, 3.63) is 94.5 Å². The van der Waals surface area contributed by atoms with E-state index in [9.17, 15) is 9.59 Å². The topological polar surface area (TPSA) is 52.7 Å². The average Bonchev–Trinajstić information content (AvgIpc) is 2.88. The van der Waals surface area contributed by atoms with E-state index in [4.69, 9.17) is 11.6 Å². The maximum Gasteiger partial charge on any atom is 0.257 e. The molecule has 0 bridgehead atoms. The maximum atomic E-state index is 14.0. The second-order valence-corrected chi connectivity index (χ2v) is 10.4. The van der Waals surface area contributed by atoms with Gasteiger partial charge in [0.1, 0.15) is 0 Å². The first kappa shape index (κ1) is 28.3. The molecular formula is C31H38ClN3O2. The predicted molar refractivity (Wildman–Crippen MR) is 154 cm³/mol. The first-order valence-corrected chi connectivity index (χ1v) is 13.2. The van der Waals surface area contributed by atoms with Crippen molar-refractivity contribution in [3.63, 3.8) is 0 Å². The quantitative estimate of drug-likeness (QED) is 0.307. The molecule has 0 aliphatic heterocycles. The van der Waals surface area contributed by atoms with Gasteiger partial charge in [0.25, 0.3) is 5.91 Å². The molecule has 2 atom stereocenters. The Balaban J connectivity index is 1.97. The first-order chi connectivity index (χ1) is 17.6. The van der Waals surface area contributed by atoms with Gasteiger partial charge in [-0.3, -0.25) is 9.59 Å². The Kier molecular flexibility index (Phi) is 9.76. The molecular weight excluding hydrogens is 482 g/mol. The molecule has 0 aromatic heterocycles. The highest BCUT2D eigenvalue weighted by Gasteiger charge is 2.30. The molecule has 1 N–H and O–H groups in total. The molecule has 3 aromatic carbocycles. The van der Waals surface area contributed by atoms with E-state index in [0.717, 1.165) is 23.2 Å². The summed E-state index contributed by atoms with van der Waals surface area (Å²) in [7, 11) is 3.97. The Labute approximate surface area is 226 Å². The standard InChI is InChI=1S/C31H38ClN3O2/c1-7-26(23-13-9-8-10-14-23)31(37)35(22(4)21(2)3)20-24-19-25(17-18-29(24)34(5)6)33-30(36)27-15-11-12-16-28(27)32/h8-19,21-22,26H,7,20H2,1-6H3,(H,33,36)/t22-,26-/m1/s1. The number of anilines is 2. The van der Waals surface area contributed by atoms with E-state index in [0.29, 0.717) is 22.8 Å². The van der Waals surface area contributed by atoms with Crippen LogP contribution in [0.4, 0.5) is 11.4 Å². The van der Waals surface area contributed by atoms with Crippen molar-refractivity contribution in [2.45, 2.75) is 52.6 Å². The summed E-state index contributed by atoms with van der Waals surface area (Å²) in [6.07, 6.45) is 0.721. The summed E-state index contributed by atoms with van der Waals surface area (Å²) in [5.41, 5.74) is 4.07. The normalized spacial score (nSPS) is 12.6. The number of rotatable bonds is 10. The number of hydrogen-bond acceptors (Lipinski definition) is 3. The van der Waals surface area contributed by atoms with Crippen molar-refractivity contribution < 1.29 is 9.59 Å². The molecule has 3 aromatic rings. The van der Waals surface area contributed by atoms with Crippen LogP contribution in [0.25, 0.3) is 0 Å². The molecule has 0 spiro atoms. The van der Waals surface area contributed by atoms with E-state index in [1.54, 1.807) is 24.3 Å². The summed E-state index contributed by atoms with van der Waals surface area (Å²) in [6.45, 7) is 8.89. The molecule has 3 rings (SSSR count). The predicted octanol–water partition coefficient (Wildman–Crippen LogP) is 7.23. The van der Waals surface area contributed by atoms with Crippen molar-refractivity contribution >= 4 is 34.8 Å². The van der Waals surface area contributed by atoms with Crippen LogP contribution in [-0.2, 0) is 11.3 Å². The molecule has 0 unspecified atom stereocenters. The van der Waals surface area contributed by atoms with Gasteiger partial charge < -0.3 is 15.1 Å². The van der Waals surface area contributed by atoms with Crippen LogP contribution < -0.4 is 10.2 Å². The van der Waals surface area contributed by atoms with Gasteiger partial charge in [-0.15, -0.1) is 0 Å². The fraction of sp³-hybridized carbons (Fsp3) is 0.355. The molecule has 2 amide bonds. The number of benzene rings is 3. The molecule has 5 nitrogen and oxygen atoms in total. The lowest BCUT2D eigenvalue weighted by atomic mass is 9.92. The lowest BCUT2D eigenvalue weighted by Gasteiger charge is -2.36. The summed E-state index contributed by atoms with van der Waals surface area (Å²) < 4.78 is 0. The van der Waals surface area contributed by atoms with Gasteiger partial charge in [-0.25, -0.2) is 0 Å². The van der Waals surface area contributed by atoms with E-state index in [-0.39, 0.29) is 29.7 Å². The van der Waals surface area contributed by atoms with Crippen molar-refractivity contribution in [1.29, 1.82) is 0 Å². The smallest absolute Gasteiger partial charge is 0.257 e. The number of carbonyl (C=O) groups excluding carboxylic acids is 2. The number of nitrogens with one attached hydrogen (secondary N) is 1. The third kappa shape index (κ3) is 6.92. The molecule has 0 saturated carbocycles. The zero-order chi connectivity index (χ0) is 27.1. The van der Waals surface area contributed by atoms with Gasteiger partial charge in [0.2, 0.25) is 5.91 Å². The largest absolute Gasteiger partial charge is 0.377 e. The van der Waals surface area contributed by atoms with Crippen LogP contribution >= 0.6 is 11.6 Å². The highest BCUT2D eigenvalue weighted by atomic mass is 35.5. The van der Waals surface area contributed by atoms with Crippen molar-refractivity contribution in [1.82, 2.24) is 4.90 Å². The van der Waals surface area contributed by atoms with Crippen LogP contribution in [0, 0.1) is 5.92 Å². The van der Waals surface area contributed by atoms with E-state index in [1.807, 2.05) is 72.4 Å². The Morgan fingerprint density at radius 3 is 2.16 bits per heavy atom. The molecule has 0 radical (unpaired) electrons. The number of nitrogens with zero attached hydrogens (tertiary/aromatic N) is 2. The van der Waals surface area contributed by atoms with Crippen molar-refractivity contribution in [2.24, 2.45) is 5.92 Å². The van der Waals surface area contributed by atoms with Crippen LogP contribution in [-0.4, -0.2) is 36.9 Å². The molecule has 0 heterocycles. The zero-order valence-corrected chi connectivity index (χ0v) is 23.4. The Hall–Kier alpha value is -3.31. The van der Waals surface area contributed by atoms with Crippen LogP contribution in [0.3, 0.4) is 0 Å². The van der Waals surface area contributed by atoms with Gasteiger partial charge in [0, 0.05) is 38.1 Å². The van der Waals surface area contributed by atoms with Crippen LogP contribution in [0.2, 0.25) is 5.02 Å². The molecule has 196 valence electrons. The Morgan fingerprint density at radius 2 is 1.57 bits per heavy atom. The second-order valence-electron chi connectivity index (χ2n) is 9.99. The monoisotopic (exact) mass is 519 g/mol. The lowest BCUT2D eigenvalue weighted by molar-refractivity contribution is -0.136. The number of halogens is 1. The van der Waals surface area contributed by atoms with Gasteiger partial charge in [-0.05, 0) is 60.7 Å². The third-order valence-corrected chi connectivity index (χ3v) is 7.26. The maximum absolute atomic E-state index is 14.0. The first-order valence-electron chi connectivity index (χ1n) is 12.9. The summed E-state index contributed by atoms with van der Waals surface area (Å²) in [5.74, 6) is -0.0886. The van der Waals surface area contributed by atoms with Gasteiger partial charge in [0.05, 0.1) is 16.5 Å². The SMILES string of the molecule is CC[C@@H](C(=O)N(Cc1cc(NC(=O)c2ccccc2Cl)ccc1N(C)C)[C@H](C)C(C)C)c1ccccc1. The van der Waals surface area contributed by atoms with Crippen molar-refractivity contribution in [2.75, 3.05) is 24.3 Å². The van der Waals surface area contributed by atoms with Gasteiger partial charge >= 0.3 is 0 Å².